The number of nitrogens with zero attached hydrogens (tertiary/aromatic N) is 1. The molecule has 0 saturated heterocycles. The molecule has 1 heterocycles. The van der Waals surface area contributed by atoms with Gasteiger partial charge in [0.2, 0.25) is 5.91 Å². The minimum atomic E-state index is -0.406. The van der Waals surface area contributed by atoms with Crippen molar-refractivity contribution < 1.29 is 19.1 Å². The second-order valence-corrected chi connectivity index (χ2v) is 7.07. The van der Waals surface area contributed by atoms with Crippen LogP contribution in [0.1, 0.15) is 29.9 Å². The fourth-order valence-corrected chi connectivity index (χ4v) is 3.56. The highest BCUT2D eigenvalue weighted by atomic mass is 32.1. The van der Waals surface area contributed by atoms with Gasteiger partial charge < -0.3 is 9.47 Å². The molecule has 1 aromatic heterocycles. The van der Waals surface area contributed by atoms with E-state index in [1.165, 1.54) is 11.3 Å². The third kappa shape index (κ3) is 5.57. The number of benzene rings is 2. The van der Waals surface area contributed by atoms with Gasteiger partial charge in [-0.25, -0.2) is 4.98 Å². The number of nitrogens with one attached hydrogen (secondary N) is 2. The normalized spacial score (nSPS) is 10.3. The van der Waals surface area contributed by atoms with Crippen LogP contribution in [0.15, 0.2) is 53.9 Å². The standard InChI is InChI=1S/C22H23N3O4S/c1-3-28-17-11-9-15(10-12-17)21(27)25-24-20(26)13-16-14-30-22(23-16)18-7-5-6-8-19(18)29-4-2/h5-12,14H,3-4,13H2,1-2H3,(H,24,26)(H,25,27). The Hall–Kier alpha value is -3.39. The van der Waals surface area contributed by atoms with Crippen LogP contribution in [0.2, 0.25) is 0 Å². The van der Waals surface area contributed by atoms with E-state index in [-0.39, 0.29) is 12.3 Å². The molecule has 2 aromatic carbocycles. The summed E-state index contributed by atoms with van der Waals surface area (Å²) in [6.45, 7) is 4.93. The lowest BCUT2D eigenvalue weighted by Crippen LogP contribution is -2.42. The molecule has 0 spiro atoms. The number of hydrazine groups is 1. The minimum absolute atomic E-state index is 0.0524. The Morgan fingerprint density at radius 3 is 2.43 bits per heavy atom. The number of aromatic nitrogens is 1. The van der Waals surface area contributed by atoms with E-state index in [0.717, 1.165) is 16.3 Å². The maximum atomic E-state index is 12.2. The Balaban J connectivity index is 1.55. The fraction of sp³-hybridized carbons (Fsp3) is 0.227. The summed E-state index contributed by atoms with van der Waals surface area (Å²) in [5.41, 5.74) is 6.76. The summed E-state index contributed by atoms with van der Waals surface area (Å²) in [4.78, 5) is 28.9. The van der Waals surface area contributed by atoms with Crippen molar-refractivity contribution in [1.29, 1.82) is 0 Å². The smallest absolute Gasteiger partial charge is 0.269 e. The van der Waals surface area contributed by atoms with Crippen molar-refractivity contribution in [3.8, 4) is 22.1 Å². The number of rotatable bonds is 8. The highest BCUT2D eigenvalue weighted by molar-refractivity contribution is 7.13. The maximum Gasteiger partial charge on any atom is 0.269 e. The molecule has 0 atom stereocenters. The highest BCUT2D eigenvalue weighted by Crippen LogP contribution is 2.32. The van der Waals surface area contributed by atoms with Gasteiger partial charge in [-0.05, 0) is 50.2 Å². The van der Waals surface area contributed by atoms with E-state index in [0.29, 0.717) is 30.2 Å². The monoisotopic (exact) mass is 425 g/mol. The average molecular weight is 426 g/mol. The summed E-state index contributed by atoms with van der Waals surface area (Å²) < 4.78 is 11.0. The second kappa shape index (κ2) is 10.4. The third-order valence-electron chi connectivity index (χ3n) is 4.05. The van der Waals surface area contributed by atoms with Gasteiger partial charge in [0, 0.05) is 10.9 Å². The van der Waals surface area contributed by atoms with Crippen molar-refractivity contribution in [1.82, 2.24) is 15.8 Å². The van der Waals surface area contributed by atoms with E-state index < -0.39 is 5.91 Å². The zero-order chi connectivity index (χ0) is 21.3. The van der Waals surface area contributed by atoms with Crippen molar-refractivity contribution in [2.75, 3.05) is 13.2 Å². The molecule has 0 aliphatic heterocycles. The SMILES string of the molecule is CCOc1ccc(C(=O)NNC(=O)Cc2csc(-c3ccccc3OCC)n2)cc1. The van der Waals surface area contributed by atoms with Gasteiger partial charge in [-0.1, -0.05) is 12.1 Å². The number of carbonyl (C=O) groups excluding carboxylic acids is 2. The largest absolute Gasteiger partial charge is 0.494 e. The van der Waals surface area contributed by atoms with Crippen LogP contribution in [0.4, 0.5) is 0 Å². The lowest BCUT2D eigenvalue weighted by Gasteiger charge is -2.08. The Morgan fingerprint density at radius 2 is 1.70 bits per heavy atom. The first kappa shape index (κ1) is 21.3. The molecule has 0 aliphatic carbocycles. The zero-order valence-electron chi connectivity index (χ0n) is 16.8. The number of amides is 2. The van der Waals surface area contributed by atoms with Gasteiger partial charge in [0.15, 0.2) is 0 Å². The zero-order valence-corrected chi connectivity index (χ0v) is 17.6. The molecule has 2 N–H and O–H groups in total. The summed E-state index contributed by atoms with van der Waals surface area (Å²) in [7, 11) is 0. The van der Waals surface area contributed by atoms with Gasteiger partial charge in [-0.2, -0.15) is 0 Å². The molecule has 0 aliphatic rings. The predicted octanol–water partition coefficient (Wildman–Crippen LogP) is 3.61. The van der Waals surface area contributed by atoms with Gasteiger partial charge in [-0.3, -0.25) is 20.4 Å². The van der Waals surface area contributed by atoms with Crippen LogP contribution in [-0.2, 0) is 11.2 Å². The number of thiazole rings is 1. The fourth-order valence-electron chi connectivity index (χ4n) is 2.71. The summed E-state index contributed by atoms with van der Waals surface area (Å²) in [6, 6.07) is 14.3. The predicted molar refractivity (Wildman–Crippen MR) is 116 cm³/mol. The molecule has 8 heteroatoms. The van der Waals surface area contributed by atoms with E-state index in [1.807, 2.05) is 43.5 Å². The molecule has 0 unspecified atom stereocenters. The van der Waals surface area contributed by atoms with Crippen LogP contribution in [0.25, 0.3) is 10.6 Å². The summed E-state index contributed by atoms with van der Waals surface area (Å²) in [5.74, 6) is 0.677. The summed E-state index contributed by atoms with van der Waals surface area (Å²) >= 11 is 1.44. The average Bonchev–Trinajstić information content (AvgIpc) is 3.21. The molecule has 0 bridgehead atoms. The van der Waals surface area contributed by atoms with Crippen LogP contribution in [-0.4, -0.2) is 30.0 Å². The lowest BCUT2D eigenvalue weighted by molar-refractivity contribution is -0.121. The van der Waals surface area contributed by atoms with Crippen LogP contribution < -0.4 is 20.3 Å². The van der Waals surface area contributed by atoms with E-state index >= 15 is 0 Å². The lowest BCUT2D eigenvalue weighted by atomic mass is 10.2. The second-order valence-electron chi connectivity index (χ2n) is 6.21. The molecule has 156 valence electrons. The van der Waals surface area contributed by atoms with Crippen molar-refractivity contribution >= 4 is 23.2 Å². The van der Waals surface area contributed by atoms with Crippen molar-refractivity contribution in [2.24, 2.45) is 0 Å². The van der Waals surface area contributed by atoms with Crippen LogP contribution in [0, 0.1) is 0 Å². The molecular weight excluding hydrogens is 402 g/mol. The third-order valence-corrected chi connectivity index (χ3v) is 4.98. The molecule has 7 nitrogen and oxygen atoms in total. The van der Waals surface area contributed by atoms with Crippen LogP contribution >= 0.6 is 11.3 Å². The first-order valence-corrected chi connectivity index (χ1v) is 10.5. The first-order valence-electron chi connectivity index (χ1n) is 9.59. The molecule has 2 amide bonds. The van der Waals surface area contributed by atoms with Crippen molar-refractivity contribution in [3.05, 3.63) is 65.2 Å². The quantitative estimate of drug-likeness (QED) is 0.538. The molecule has 3 rings (SSSR count). The molecule has 0 radical (unpaired) electrons. The summed E-state index contributed by atoms with van der Waals surface area (Å²) in [6.07, 6.45) is 0.0524. The Morgan fingerprint density at radius 1 is 0.967 bits per heavy atom. The number of carbonyl (C=O) groups is 2. The highest BCUT2D eigenvalue weighted by Gasteiger charge is 2.13. The van der Waals surface area contributed by atoms with Crippen LogP contribution in [0.3, 0.4) is 0 Å². The Bertz CT molecular complexity index is 1000. The summed E-state index contributed by atoms with van der Waals surface area (Å²) in [5, 5.41) is 2.60. The molecule has 3 aromatic rings. The van der Waals surface area contributed by atoms with Gasteiger partial charge in [0.25, 0.3) is 5.91 Å². The Kier molecular flexibility index (Phi) is 7.40. The topological polar surface area (TPSA) is 89.6 Å². The van der Waals surface area contributed by atoms with E-state index in [1.54, 1.807) is 24.3 Å². The Labute approximate surface area is 179 Å². The number of hydrogen-bond acceptors (Lipinski definition) is 6. The van der Waals surface area contributed by atoms with Crippen molar-refractivity contribution in [3.63, 3.8) is 0 Å². The van der Waals surface area contributed by atoms with Gasteiger partial charge in [0.05, 0.1) is 30.9 Å². The molecular formula is C22H23N3O4S. The van der Waals surface area contributed by atoms with E-state index in [9.17, 15) is 9.59 Å². The number of ether oxygens (including phenoxy) is 2. The van der Waals surface area contributed by atoms with E-state index in [2.05, 4.69) is 15.8 Å². The van der Waals surface area contributed by atoms with Crippen LogP contribution in [0.5, 0.6) is 11.5 Å². The first-order chi connectivity index (χ1) is 14.6. The molecule has 30 heavy (non-hydrogen) atoms. The van der Waals surface area contributed by atoms with Crippen molar-refractivity contribution in [2.45, 2.75) is 20.3 Å². The minimum Gasteiger partial charge on any atom is -0.494 e. The van der Waals surface area contributed by atoms with Gasteiger partial charge in [-0.15, -0.1) is 11.3 Å². The van der Waals surface area contributed by atoms with Gasteiger partial charge in [0.1, 0.15) is 16.5 Å². The van der Waals surface area contributed by atoms with E-state index in [4.69, 9.17) is 9.47 Å². The maximum absolute atomic E-state index is 12.2. The molecule has 0 fully saturated rings. The van der Waals surface area contributed by atoms with Gasteiger partial charge >= 0.3 is 0 Å². The number of hydrogen-bond donors (Lipinski definition) is 2. The molecule has 0 saturated carbocycles. The number of para-hydroxylation sites is 1.